The first-order valence-corrected chi connectivity index (χ1v) is 6.65. The molecule has 0 saturated heterocycles. The molecule has 102 valence electrons. The van der Waals surface area contributed by atoms with E-state index in [2.05, 4.69) is 10.1 Å². The van der Waals surface area contributed by atoms with Gasteiger partial charge in [-0.2, -0.15) is 5.10 Å². The molecule has 1 atom stereocenters. The van der Waals surface area contributed by atoms with Gasteiger partial charge in [-0.3, -0.25) is 9.67 Å². The molecule has 0 fully saturated rings. The van der Waals surface area contributed by atoms with E-state index >= 15 is 0 Å². The number of aryl methyl sites for hydroxylation is 4. The van der Waals surface area contributed by atoms with Gasteiger partial charge in [-0.05, 0) is 38.5 Å². The summed E-state index contributed by atoms with van der Waals surface area (Å²) in [5.41, 5.74) is 11.1. The van der Waals surface area contributed by atoms with E-state index in [0.717, 1.165) is 28.3 Å². The molecule has 2 aromatic heterocycles. The van der Waals surface area contributed by atoms with Crippen LogP contribution < -0.4 is 5.73 Å². The minimum atomic E-state index is -0.104. The van der Waals surface area contributed by atoms with Crippen LogP contribution in [-0.2, 0) is 13.5 Å². The molecule has 4 nitrogen and oxygen atoms in total. The largest absolute Gasteiger partial charge is 0.324 e. The Hall–Kier alpha value is -1.39. The molecule has 0 spiro atoms. The summed E-state index contributed by atoms with van der Waals surface area (Å²) in [6, 6.07) is 3.94. The van der Waals surface area contributed by atoms with Crippen LogP contribution in [0, 0.1) is 20.8 Å². The maximum Gasteiger partial charge on any atom is 0.0847 e. The highest BCUT2D eigenvalue weighted by molar-refractivity contribution is 6.31. The van der Waals surface area contributed by atoms with Gasteiger partial charge in [-0.15, -0.1) is 0 Å². The molecule has 2 rings (SSSR count). The van der Waals surface area contributed by atoms with Crippen LogP contribution in [-0.4, -0.2) is 14.8 Å². The topological polar surface area (TPSA) is 56.7 Å². The molecule has 0 aromatic carbocycles. The molecule has 2 aromatic rings. The SMILES string of the molecule is Cc1cc(C(N)Cc2c(Cl)c(C)nn2C)cc(C)n1. The van der Waals surface area contributed by atoms with Gasteiger partial charge in [0.2, 0.25) is 0 Å². The molecule has 0 amide bonds. The average molecular weight is 279 g/mol. The van der Waals surface area contributed by atoms with Gasteiger partial charge in [0.1, 0.15) is 0 Å². The minimum Gasteiger partial charge on any atom is -0.324 e. The predicted molar refractivity (Wildman–Crippen MR) is 77.3 cm³/mol. The van der Waals surface area contributed by atoms with Gasteiger partial charge in [0.25, 0.3) is 0 Å². The van der Waals surface area contributed by atoms with Gasteiger partial charge in [0.15, 0.2) is 0 Å². The number of nitrogens with two attached hydrogens (primary N) is 1. The second-order valence-electron chi connectivity index (χ2n) is 4.96. The zero-order valence-electron chi connectivity index (χ0n) is 11.7. The lowest BCUT2D eigenvalue weighted by Crippen LogP contribution is -2.16. The van der Waals surface area contributed by atoms with Crippen molar-refractivity contribution in [1.82, 2.24) is 14.8 Å². The van der Waals surface area contributed by atoms with Gasteiger partial charge in [0, 0.05) is 30.9 Å². The molecule has 0 bridgehead atoms. The summed E-state index contributed by atoms with van der Waals surface area (Å²) in [5, 5.41) is 5.02. The Balaban J connectivity index is 2.27. The lowest BCUT2D eigenvalue weighted by Gasteiger charge is -2.14. The molecule has 1 unspecified atom stereocenters. The van der Waals surface area contributed by atoms with E-state index in [0.29, 0.717) is 11.4 Å². The molecule has 0 aliphatic rings. The lowest BCUT2D eigenvalue weighted by atomic mass is 10.0. The van der Waals surface area contributed by atoms with Gasteiger partial charge >= 0.3 is 0 Å². The first-order chi connectivity index (χ1) is 8.88. The van der Waals surface area contributed by atoms with Crippen molar-refractivity contribution in [3.05, 3.63) is 45.5 Å². The molecule has 2 heterocycles. The highest BCUT2D eigenvalue weighted by atomic mass is 35.5. The summed E-state index contributed by atoms with van der Waals surface area (Å²) in [4.78, 5) is 4.36. The van der Waals surface area contributed by atoms with Gasteiger partial charge in [0.05, 0.1) is 16.4 Å². The predicted octanol–water partition coefficient (Wildman–Crippen LogP) is 2.64. The Morgan fingerprint density at radius 3 is 2.32 bits per heavy atom. The van der Waals surface area contributed by atoms with Crippen LogP contribution in [0.15, 0.2) is 12.1 Å². The number of aromatic nitrogens is 3. The number of halogens is 1. The molecule has 5 heteroatoms. The second-order valence-corrected chi connectivity index (χ2v) is 5.34. The summed E-state index contributed by atoms with van der Waals surface area (Å²) in [5.74, 6) is 0. The third-order valence-electron chi connectivity index (χ3n) is 3.21. The van der Waals surface area contributed by atoms with Gasteiger partial charge in [-0.1, -0.05) is 11.6 Å². The van der Waals surface area contributed by atoms with Crippen molar-refractivity contribution in [3.63, 3.8) is 0 Å². The normalized spacial score (nSPS) is 12.7. The van der Waals surface area contributed by atoms with Crippen LogP contribution in [0.4, 0.5) is 0 Å². The van der Waals surface area contributed by atoms with Crippen LogP contribution >= 0.6 is 11.6 Å². The van der Waals surface area contributed by atoms with Crippen LogP contribution in [0.1, 0.15) is 34.4 Å². The Bertz CT molecular complexity index is 583. The van der Waals surface area contributed by atoms with Crippen LogP contribution in [0.2, 0.25) is 5.02 Å². The fraction of sp³-hybridized carbons (Fsp3) is 0.429. The number of pyridine rings is 1. The fourth-order valence-corrected chi connectivity index (χ4v) is 2.55. The van der Waals surface area contributed by atoms with E-state index in [9.17, 15) is 0 Å². The quantitative estimate of drug-likeness (QED) is 0.939. The van der Waals surface area contributed by atoms with Crippen molar-refractivity contribution < 1.29 is 0 Å². The maximum absolute atomic E-state index is 6.28. The standard InChI is InChI=1S/C14H19ClN4/c1-8-5-11(6-9(2)17-8)12(16)7-13-14(15)10(3)18-19(13)4/h5-6,12H,7,16H2,1-4H3. The smallest absolute Gasteiger partial charge is 0.0847 e. The molecule has 19 heavy (non-hydrogen) atoms. The molecule has 0 aliphatic carbocycles. The fourth-order valence-electron chi connectivity index (χ4n) is 2.31. The van der Waals surface area contributed by atoms with Gasteiger partial charge in [-0.25, -0.2) is 0 Å². The zero-order chi connectivity index (χ0) is 14.2. The van der Waals surface area contributed by atoms with Crippen LogP contribution in [0.5, 0.6) is 0 Å². The number of hydrogen-bond donors (Lipinski definition) is 1. The Morgan fingerprint density at radius 1 is 1.26 bits per heavy atom. The number of hydrogen-bond acceptors (Lipinski definition) is 3. The third-order valence-corrected chi connectivity index (χ3v) is 3.70. The van der Waals surface area contributed by atoms with E-state index in [1.54, 1.807) is 4.68 Å². The Morgan fingerprint density at radius 2 is 1.84 bits per heavy atom. The number of rotatable bonds is 3. The summed E-state index contributed by atoms with van der Waals surface area (Å²) < 4.78 is 1.80. The second kappa shape index (κ2) is 5.31. The summed E-state index contributed by atoms with van der Waals surface area (Å²) in [7, 11) is 1.89. The first kappa shape index (κ1) is 14.0. The summed E-state index contributed by atoms with van der Waals surface area (Å²) >= 11 is 6.26. The van der Waals surface area contributed by atoms with Crippen molar-refractivity contribution in [2.45, 2.75) is 33.2 Å². The van der Waals surface area contributed by atoms with E-state index in [-0.39, 0.29) is 6.04 Å². The molecule has 2 N–H and O–H groups in total. The minimum absolute atomic E-state index is 0.104. The monoisotopic (exact) mass is 278 g/mol. The molecular weight excluding hydrogens is 260 g/mol. The first-order valence-electron chi connectivity index (χ1n) is 6.27. The van der Waals surface area contributed by atoms with Crippen molar-refractivity contribution in [2.75, 3.05) is 0 Å². The maximum atomic E-state index is 6.28. The van der Waals surface area contributed by atoms with Crippen molar-refractivity contribution in [1.29, 1.82) is 0 Å². The van der Waals surface area contributed by atoms with E-state index in [1.807, 2.05) is 40.0 Å². The summed E-state index contributed by atoms with van der Waals surface area (Å²) in [6.45, 7) is 5.85. The molecular formula is C14H19ClN4. The van der Waals surface area contributed by atoms with Crippen LogP contribution in [0.25, 0.3) is 0 Å². The van der Waals surface area contributed by atoms with Crippen molar-refractivity contribution in [2.24, 2.45) is 12.8 Å². The Labute approximate surface area is 118 Å². The zero-order valence-corrected chi connectivity index (χ0v) is 12.5. The molecule has 0 saturated carbocycles. The van der Waals surface area contributed by atoms with E-state index < -0.39 is 0 Å². The molecule has 0 aliphatic heterocycles. The third kappa shape index (κ3) is 2.96. The lowest BCUT2D eigenvalue weighted by molar-refractivity contribution is 0.638. The van der Waals surface area contributed by atoms with E-state index in [1.165, 1.54) is 0 Å². The van der Waals surface area contributed by atoms with Crippen LogP contribution in [0.3, 0.4) is 0 Å². The van der Waals surface area contributed by atoms with Crippen molar-refractivity contribution in [3.8, 4) is 0 Å². The highest BCUT2D eigenvalue weighted by Crippen LogP contribution is 2.24. The average Bonchev–Trinajstić information content (AvgIpc) is 2.54. The summed E-state index contributed by atoms with van der Waals surface area (Å²) in [6.07, 6.45) is 0.666. The van der Waals surface area contributed by atoms with Gasteiger partial charge < -0.3 is 5.73 Å². The molecule has 0 radical (unpaired) electrons. The number of nitrogens with zero attached hydrogens (tertiary/aromatic N) is 3. The highest BCUT2D eigenvalue weighted by Gasteiger charge is 2.16. The van der Waals surface area contributed by atoms with E-state index in [4.69, 9.17) is 17.3 Å². The van der Waals surface area contributed by atoms with Crippen molar-refractivity contribution >= 4 is 11.6 Å². The Kier molecular flexibility index (Phi) is 3.92.